The summed E-state index contributed by atoms with van der Waals surface area (Å²) in [6, 6.07) is 14.7. The van der Waals surface area contributed by atoms with Crippen molar-refractivity contribution in [3.05, 3.63) is 65.7 Å². The van der Waals surface area contributed by atoms with Gasteiger partial charge < -0.3 is 24.1 Å². The molecule has 2 aliphatic rings. The highest BCUT2D eigenvalue weighted by Crippen LogP contribution is 2.39. The predicted molar refractivity (Wildman–Crippen MR) is 129 cm³/mol. The number of ether oxygens (including phenoxy) is 3. The summed E-state index contributed by atoms with van der Waals surface area (Å²) < 4.78 is 22.3. The summed E-state index contributed by atoms with van der Waals surface area (Å²) in [5.74, 6) is 2.12. The van der Waals surface area contributed by atoms with Crippen molar-refractivity contribution >= 4 is 11.6 Å². The molecule has 0 saturated heterocycles. The number of allylic oxidation sites excluding steroid dienone is 1. The number of urea groups is 1. The Morgan fingerprint density at radius 1 is 1.14 bits per heavy atom. The van der Waals surface area contributed by atoms with Crippen molar-refractivity contribution in [2.24, 2.45) is 0 Å². The molecule has 2 amide bonds. The molecule has 0 saturated carbocycles. The molecule has 9 heteroatoms. The van der Waals surface area contributed by atoms with Crippen LogP contribution in [0.5, 0.6) is 11.5 Å². The van der Waals surface area contributed by atoms with Gasteiger partial charge in [0.2, 0.25) is 12.6 Å². The zero-order chi connectivity index (χ0) is 24.4. The molecule has 3 aromatic rings. The second-order valence-electron chi connectivity index (χ2n) is 8.71. The number of fused-ring (bicyclic) bond motifs is 1. The highest BCUT2D eigenvalue weighted by atomic mass is 16.7. The molecular weight excluding hydrogens is 448 g/mol. The summed E-state index contributed by atoms with van der Waals surface area (Å²) in [6.07, 6.45) is 0.853. The fraction of sp³-hybridized carbons (Fsp3) is 0.346. The Morgan fingerprint density at radius 3 is 2.74 bits per heavy atom. The molecule has 0 aliphatic carbocycles. The van der Waals surface area contributed by atoms with E-state index in [0.29, 0.717) is 42.8 Å². The average molecular weight is 477 g/mol. The summed E-state index contributed by atoms with van der Waals surface area (Å²) in [7, 11) is 0. The van der Waals surface area contributed by atoms with Gasteiger partial charge in [0.25, 0.3) is 5.89 Å². The van der Waals surface area contributed by atoms with Crippen LogP contribution in [0.25, 0.3) is 17.0 Å². The maximum absolute atomic E-state index is 13.1. The fourth-order valence-corrected chi connectivity index (χ4v) is 4.25. The van der Waals surface area contributed by atoms with Crippen LogP contribution in [0.15, 0.2) is 58.8 Å². The van der Waals surface area contributed by atoms with Gasteiger partial charge in [0.05, 0.1) is 17.7 Å². The SMILES string of the molecule is CC1=C(c2nc(-c3ccc4c(c3)OCO4)no2)C(c2ccccc2)NC(=O)N1CCCOC(C)C. The Labute approximate surface area is 203 Å². The summed E-state index contributed by atoms with van der Waals surface area (Å²) in [6.45, 7) is 7.18. The highest BCUT2D eigenvalue weighted by molar-refractivity contribution is 5.86. The molecular formula is C26H28N4O5. The number of rotatable bonds is 8. The summed E-state index contributed by atoms with van der Waals surface area (Å²) in [5.41, 5.74) is 3.22. The number of benzene rings is 2. The van der Waals surface area contributed by atoms with Crippen molar-refractivity contribution in [2.75, 3.05) is 19.9 Å². The molecule has 1 unspecified atom stereocenters. The lowest BCUT2D eigenvalue weighted by Crippen LogP contribution is -2.46. The van der Waals surface area contributed by atoms with Gasteiger partial charge in [-0.1, -0.05) is 35.5 Å². The van der Waals surface area contributed by atoms with Gasteiger partial charge in [-0.3, -0.25) is 4.90 Å². The van der Waals surface area contributed by atoms with Crippen molar-refractivity contribution in [3.8, 4) is 22.9 Å². The third kappa shape index (κ3) is 4.72. The average Bonchev–Trinajstić information content (AvgIpc) is 3.53. The van der Waals surface area contributed by atoms with Crippen LogP contribution < -0.4 is 14.8 Å². The molecule has 1 atom stereocenters. The number of hydrogen-bond acceptors (Lipinski definition) is 7. The molecule has 1 aromatic heterocycles. The first kappa shape index (κ1) is 22.9. The molecule has 9 nitrogen and oxygen atoms in total. The quantitative estimate of drug-likeness (QED) is 0.467. The van der Waals surface area contributed by atoms with Gasteiger partial charge in [0.1, 0.15) is 0 Å². The normalized spacial score (nSPS) is 17.3. The van der Waals surface area contributed by atoms with Gasteiger partial charge >= 0.3 is 6.03 Å². The smallest absolute Gasteiger partial charge is 0.322 e. The van der Waals surface area contributed by atoms with Crippen LogP contribution >= 0.6 is 0 Å². The van der Waals surface area contributed by atoms with Crippen LogP contribution in [0.4, 0.5) is 4.79 Å². The van der Waals surface area contributed by atoms with E-state index in [2.05, 4.69) is 10.5 Å². The zero-order valence-electron chi connectivity index (χ0n) is 20.0. The monoisotopic (exact) mass is 476 g/mol. The standard InChI is InChI=1S/C26H28N4O5/c1-16(2)32-13-7-12-30-17(3)22(23(27-26(30)31)18-8-5-4-6-9-18)25-28-24(29-35-25)19-10-11-20-21(14-19)34-15-33-20/h4-6,8-11,14,16,23H,7,12-13,15H2,1-3H3,(H,27,31). The minimum absolute atomic E-state index is 0.146. The molecule has 0 spiro atoms. The van der Waals surface area contributed by atoms with Gasteiger partial charge in [-0.15, -0.1) is 0 Å². The van der Waals surface area contributed by atoms with E-state index in [1.807, 2.05) is 69.3 Å². The van der Waals surface area contributed by atoms with E-state index < -0.39 is 6.04 Å². The highest BCUT2D eigenvalue weighted by Gasteiger charge is 2.35. The van der Waals surface area contributed by atoms with Gasteiger partial charge in [0, 0.05) is 24.4 Å². The lowest BCUT2D eigenvalue weighted by Gasteiger charge is -2.35. The van der Waals surface area contributed by atoms with E-state index >= 15 is 0 Å². The van der Waals surface area contributed by atoms with Gasteiger partial charge in [0.15, 0.2) is 11.5 Å². The number of nitrogens with zero attached hydrogens (tertiary/aromatic N) is 3. The molecule has 35 heavy (non-hydrogen) atoms. The van der Waals surface area contributed by atoms with E-state index in [9.17, 15) is 4.79 Å². The number of carbonyl (C=O) groups is 1. The molecule has 5 rings (SSSR count). The fourth-order valence-electron chi connectivity index (χ4n) is 4.25. The molecule has 2 aliphatic heterocycles. The Morgan fingerprint density at radius 2 is 1.94 bits per heavy atom. The van der Waals surface area contributed by atoms with Crippen molar-refractivity contribution in [2.45, 2.75) is 39.3 Å². The third-order valence-corrected chi connectivity index (χ3v) is 5.99. The van der Waals surface area contributed by atoms with E-state index in [4.69, 9.17) is 23.7 Å². The third-order valence-electron chi connectivity index (χ3n) is 5.99. The Bertz CT molecular complexity index is 1240. The Balaban J connectivity index is 1.49. The van der Waals surface area contributed by atoms with Crippen LogP contribution in [0, 0.1) is 0 Å². The maximum atomic E-state index is 13.1. The lowest BCUT2D eigenvalue weighted by molar-refractivity contribution is 0.0736. The number of amides is 2. The second-order valence-corrected chi connectivity index (χ2v) is 8.71. The Kier molecular flexibility index (Phi) is 6.41. The van der Waals surface area contributed by atoms with Crippen molar-refractivity contribution in [1.29, 1.82) is 0 Å². The van der Waals surface area contributed by atoms with Crippen molar-refractivity contribution in [1.82, 2.24) is 20.4 Å². The number of nitrogens with one attached hydrogen (secondary N) is 1. The molecule has 1 N–H and O–H groups in total. The second kappa shape index (κ2) is 9.79. The molecule has 3 heterocycles. The zero-order valence-corrected chi connectivity index (χ0v) is 20.0. The lowest BCUT2D eigenvalue weighted by atomic mass is 9.94. The van der Waals surface area contributed by atoms with Crippen LogP contribution in [-0.2, 0) is 4.74 Å². The van der Waals surface area contributed by atoms with Crippen molar-refractivity contribution < 1.29 is 23.5 Å². The van der Waals surface area contributed by atoms with E-state index in [0.717, 1.165) is 22.4 Å². The minimum atomic E-state index is -0.420. The summed E-state index contributed by atoms with van der Waals surface area (Å²) in [5, 5.41) is 7.34. The molecule has 0 radical (unpaired) electrons. The summed E-state index contributed by atoms with van der Waals surface area (Å²) >= 11 is 0. The molecule has 0 bridgehead atoms. The first-order valence-corrected chi connectivity index (χ1v) is 11.7. The number of aromatic nitrogens is 2. The van der Waals surface area contributed by atoms with Gasteiger partial charge in [-0.05, 0) is 51.0 Å². The van der Waals surface area contributed by atoms with E-state index in [1.165, 1.54) is 0 Å². The first-order valence-electron chi connectivity index (χ1n) is 11.7. The number of carbonyl (C=O) groups excluding carboxylic acids is 1. The molecule has 182 valence electrons. The summed E-state index contributed by atoms with van der Waals surface area (Å²) in [4.78, 5) is 19.5. The largest absolute Gasteiger partial charge is 0.454 e. The maximum Gasteiger partial charge on any atom is 0.322 e. The first-order chi connectivity index (χ1) is 17.0. The van der Waals surface area contributed by atoms with Crippen LogP contribution in [0.1, 0.15) is 44.7 Å². The van der Waals surface area contributed by atoms with Gasteiger partial charge in [-0.2, -0.15) is 4.98 Å². The molecule has 2 aromatic carbocycles. The topological polar surface area (TPSA) is 98.9 Å². The van der Waals surface area contributed by atoms with E-state index in [1.54, 1.807) is 4.90 Å². The van der Waals surface area contributed by atoms with Crippen LogP contribution in [0.2, 0.25) is 0 Å². The Hall–Kier alpha value is -3.85. The van der Waals surface area contributed by atoms with Crippen molar-refractivity contribution in [3.63, 3.8) is 0 Å². The predicted octanol–water partition coefficient (Wildman–Crippen LogP) is 4.78. The van der Waals surface area contributed by atoms with Gasteiger partial charge in [-0.25, -0.2) is 4.79 Å². The van der Waals surface area contributed by atoms with Crippen LogP contribution in [0.3, 0.4) is 0 Å². The molecule has 0 fully saturated rings. The number of hydrogen-bond donors (Lipinski definition) is 1. The minimum Gasteiger partial charge on any atom is -0.454 e. The van der Waals surface area contributed by atoms with Crippen LogP contribution in [-0.4, -0.2) is 47.1 Å². The van der Waals surface area contributed by atoms with E-state index in [-0.39, 0.29) is 18.9 Å².